The second kappa shape index (κ2) is 34.1. The van der Waals surface area contributed by atoms with Gasteiger partial charge in [0.1, 0.15) is 28.7 Å². The number of benzene rings is 10. The van der Waals surface area contributed by atoms with Crippen molar-refractivity contribution in [2.75, 3.05) is 93.9 Å². The van der Waals surface area contributed by atoms with Crippen LogP contribution in [0.2, 0.25) is 0 Å². The van der Waals surface area contributed by atoms with E-state index in [1.54, 1.807) is 0 Å². The second-order valence-electron chi connectivity index (χ2n) is 42.2. The molecule has 10 aromatic carbocycles. The third-order valence-corrected chi connectivity index (χ3v) is 27.1. The lowest BCUT2D eigenvalue weighted by atomic mass is 9.83. The number of hydrogen-bond acceptors (Lipinski definition) is 11. The summed E-state index contributed by atoms with van der Waals surface area (Å²) in [5.41, 5.74) is 18.5. The summed E-state index contributed by atoms with van der Waals surface area (Å²) in [5, 5.41) is 63.4. The van der Waals surface area contributed by atoms with Gasteiger partial charge in [0.25, 0.3) is 0 Å². The number of phenolic OH excluding ortho intramolecular Hbond substituents is 5. The van der Waals surface area contributed by atoms with Crippen LogP contribution in [0.3, 0.4) is 0 Å². The summed E-state index contributed by atoms with van der Waals surface area (Å²) in [4.78, 5) is 14.0. The van der Waals surface area contributed by atoms with Gasteiger partial charge in [0.05, 0.1) is 0 Å². The number of phenols is 5. The van der Waals surface area contributed by atoms with Crippen LogP contribution in [0.1, 0.15) is 278 Å². The summed E-state index contributed by atoms with van der Waals surface area (Å²) in [7, 11) is 4.06. The van der Waals surface area contributed by atoms with E-state index in [0.29, 0.717) is 70.1 Å². The normalized spacial score (nSPS) is 18.5. The van der Waals surface area contributed by atoms with E-state index in [4.69, 9.17) is 58.0 Å². The molecule has 5 heterocycles. The van der Waals surface area contributed by atoms with Crippen molar-refractivity contribution in [1.29, 1.82) is 0 Å². The van der Waals surface area contributed by atoms with Gasteiger partial charge in [-0.15, -0.1) is 58.0 Å². The minimum atomic E-state index is -0.0168. The highest BCUT2D eigenvalue weighted by molar-refractivity contribution is 6.22. The maximum atomic E-state index is 10.7. The molecular formula is C103H137Cl5N6O5. The van der Waals surface area contributed by atoms with Crippen molar-refractivity contribution >= 4 is 146 Å². The summed E-state index contributed by atoms with van der Waals surface area (Å²) >= 11 is 32.1. The largest absolute Gasteiger partial charge is 0.507 e. The number of rotatable bonds is 8. The van der Waals surface area contributed by atoms with E-state index in [1.165, 1.54) is 50.1 Å². The first kappa shape index (κ1) is 92.5. The molecule has 0 amide bonds. The van der Waals surface area contributed by atoms with Gasteiger partial charge in [0.15, 0.2) is 0 Å². The molecule has 0 spiro atoms. The van der Waals surface area contributed by atoms with Gasteiger partial charge in [-0.25, -0.2) is 0 Å². The molecule has 11 nitrogen and oxygen atoms in total. The highest BCUT2D eigenvalue weighted by Gasteiger charge is 2.44. The third kappa shape index (κ3) is 18.5. The molecule has 5 aliphatic rings. The SMILES string of the molecule is CC(C)(C)c1ccc2c(O)cc3c(c2c1)[C@H](CCl)CN3C(C)(C)C.CC(C)c1ccc2c(O)cc3c(c2c1)[C@H](CCl)CN3C(C)(C)C.CC(C)c1ccc2c(O)cc3c(c2c1)[C@H]([C@@H](C)Cl)CN3C(C)(C)C.CN(C)c1ccc2c(O)cc3c(c2c1)[C@H](CCl)CN3C(C)(C)C.C[C@@H](Cl)[C@@H]1CN(C(C)(C)C)c2cc(O)c3ccc(C(C)(C)C)cc3c21. The Morgan fingerprint density at radius 1 is 0.311 bits per heavy atom. The lowest BCUT2D eigenvalue weighted by molar-refractivity contribution is 0.478. The first-order chi connectivity index (χ1) is 55.0. The molecule has 119 heavy (non-hydrogen) atoms. The smallest absolute Gasteiger partial charge is 0.125 e. The van der Waals surface area contributed by atoms with Gasteiger partial charge in [0, 0.05) is 224 Å². The molecule has 644 valence electrons. The fraction of sp³-hybridized carbons (Fsp3) is 0.515. The molecule has 15 rings (SSSR count). The first-order valence-corrected chi connectivity index (χ1v) is 45.5. The minimum Gasteiger partial charge on any atom is -0.507 e. The Labute approximate surface area is 737 Å². The topological polar surface area (TPSA) is 121 Å². The molecule has 0 aliphatic carbocycles. The summed E-state index contributed by atoms with van der Waals surface area (Å²) in [6.07, 6.45) is 0. The van der Waals surface area contributed by atoms with Gasteiger partial charge < -0.3 is 54.9 Å². The predicted octanol–water partition coefficient (Wildman–Crippen LogP) is 28.1. The summed E-state index contributed by atoms with van der Waals surface area (Å²) < 4.78 is 0. The molecule has 0 bridgehead atoms. The number of anilines is 6. The highest BCUT2D eigenvalue weighted by atomic mass is 35.5. The van der Waals surface area contributed by atoms with Crippen LogP contribution in [0.25, 0.3) is 53.9 Å². The molecule has 0 radical (unpaired) electrons. The van der Waals surface area contributed by atoms with Crippen LogP contribution in [-0.4, -0.2) is 128 Å². The highest BCUT2D eigenvalue weighted by Crippen LogP contribution is 2.55. The van der Waals surface area contributed by atoms with Gasteiger partial charge in [-0.2, -0.15) is 0 Å². The van der Waals surface area contributed by atoms with E-state index in [9.17, 15) is 25.5 Å². The number of hydrogen-bond donors (Lipinski definition) is 5. The lowest BCUT2D eigenvalue weighted by Crippen LogP contribution is -2.41. The standard InChI is InChI=1S/C22H30ClNO.2C21H28ClNO.C20H26ClNO.C19H25ClN2O/c1-13(23)17-12-24(22(5,6)7)18-11-19(25)15-9-8-14(21(2,3)4)10-16(15)20(17)18;1-20(2,3)14-7-8-15-16(9-14)19-13(11-22)12-23(21(4,5)6)17(19)10-18(15)24;1-12(2)14-7-8-15-16(9-14)20-17(13(3)22)11-23(21(4,5)6)18(20)10-19(15)24;1-12(2)13-6-7-15-16(8-13)19-14(10-21)11-22(20(3,4)5)17(19)9-18(15)23;1-19(2,3)22-11-12(10-20)18-15-8-13(21(4)5)6-7-14(15)17(23)9-16(18)22/h8-11,13,17,25H,12H2,1-7H3;7-10,13,24H,11-12H2,1-6H3;7-10,12-13,17,24H,11H2,1-6H3;6-9,12,14,23H,10-11H2,1-5H3;6-9,12,23H,10-11H2,1-5H3/t13-,17+;13-;13-,17+;14-;12-/m11111/s1. The summed E-state index contributed by atoms with van der Waals surface area (Å²) in [6.45, 7) is 63.9. The Kier molecular flexibility index (Phi) is 26.5. The molecule has 5 aliphatic heterocycles. The maximum Gasteiger partial charge on any atom is 0.125 e. The fourth-order valence-electron chi connectivity index (χ4n) is 18.5. The Morgan fingerprint density at radius 3 is 0.798 bits per heavy atom. The molecule has 0 unspecified atom stereocenters. The molecular weight excluding hydrogens is 1580 g/mol. The maximum absolute atomic E-state index is 10.7. The van der Waals surface area contributed by atoms with Crippen molar-refractivity contribution in [3.8, 4) is 28.7 Å². The quantitative estimate of drug-likeness (QED) is 0.0936. The average molecular weight is 1720 g/mol. The van der Waals surface area contributed by atoms with Crippen LogP contribution in [0.5, 0.6) is 28.7 Å². The summed E-state index contributed by atoms with van der Waals surface area (Å²) in [5.74, 6) is 5.88. The van der Waals surface area contributed by atoms with Gasteiger partial charge in [-0.05, 0) is 236 Å². The monoisotopic (exact) mass is 1710 g/mol. The second-order valence-corrected chi connectivity index (χ2v) is 44.5. The van der Waals surface area contributed by atoms with Crippen molar-refractivity contribution in [2.24, 2.45) is 0 Å². The van der Waals surface area contributed by atoms with Crippen molar-refractivity contribution < 1.29 is 25.5 Å². The van der Waals surface area contributed by atoms with Crippen molar-refractivity contribution in [1.82, 2.24) is 0 Å². The zero-order chi connectivity index (χ0) is 88.3. The van der Waals surface area contributed by atoms with E-state index in [0.717, 1.165) is 121 Å². The first-order valence-electron chi connectivity index (χ1n) is 43.0. The summed E-state index contributed by atoms with van der Waals surface area (Å²) in [6, 6.07) is 41.5. The fourth-order valence-corrected chi connectivity index (χ4v) is 19.7. The Morgan fingerprint density at radius 2 is 0.546 bits per heavy atom. The molecule has 0 aromatic heterocycles. The molecule has 10 aromatic rings. The average Bonchev–Trinajstić information content (AvgIpc) is 1.62. The van der Waals surface area contributed by atoms with E-state index in [1.807, 2.05) is 62.6 Å². The Bertz CT molecular complexity index is 5280. The van der Waals surface area contributed by atoms with E-state index >= 15 is 0 Å². The van der Waals surface area contributed by atoms with E-state index in [-0.39, 0.29) is 67.0 Å². The molecule has 16 heteroatoms. The number of alkyl halides is 5. The van der Waals surface area contributed by atoms with Gasteiger partial charge in [-0.3, -0.25) is 0 Å². The number of aromatic hydroxyl groups is 5. The van der Waals surface area contributed by atoms with Crippen molar-refractivity contribution in [3.63, 3.8) is 0 Å². The predicted molar refractivity (Wildman–Crippen MR) is 520 cm³/mol. The van der Waals surface area contributed by atoms with Crippen LogP contribution in [0.15, 0.2) is 121 Å². The zero-order valence-electron chi connectivity index (χ0n) is 76.7. The van der Waals surface area contributed by atoms with Crippen LogP contribution < -0.4 is 29.4 Å². The molecule has 0 saturated carbocycles. The van der Waals surface area contributed by atoms with Crippen LogP contribution in [0, 0.1) is 0 Å². The van der Waals surface area contributed by atoms with Crippen LogP contribution in [0.4, 0.5) is 34.1 Å². The molecule has 0 fully saturated rings. The van der Waals surface area contributed by atoms with Crippen molar-refractivity contribution in [2.45, 2.75) is 278 Å². The van der Waals surface area contributed by atoms with Gasteiger partial charge in [0.2, 0.25) is 0 Å². The zero-order valence-corrected chi connectivity index (χ0v) is 80.5. The molecule has 5 N–H and O–H groups in total. The van der Waals surface area contributed by atoms with Gasteiger partial charge >= 0.3 is 0 Å². The number of nitrogens with zero attached hydrogens (tertiary/aromatic N) is 6. The number of halogens is 5. The van der Waals surface area contributed by atoms with E-state index in [2.05, 4.69) is 289 Å². The number of fused-ring (bicyclic) bond motifs is 15. The lowest BCUT2D eigenvalue weighted by Gasteiger charge is -2.35. The van der Waals surface area contributed by atoms with Crippen molar-refractivity contribution in [3.05, 3.63) is 171 Å². The van der Waals surface area contributed by atoms with Crippen LogP contribution in [-0.2, 0) is 10.8 Å². The van der Waals surface area contributed by atoms with Crippen LogP contribution >= 0.6 is 58.0 Å². The third-order valence-electron chi connectivity index (χ3n) is 25.4. The molecule has 0 saturated heterocycles. The Hall–Kier alpha value is -7.25. The molecule has 7 atom stereocenters. The Balaban J connectivity index is 0.000000146. The van der Waals surface area contributed by atoms with Gasteiger partial charge in [-0.1, -0.05) is 142 Å². The minimum absolute atomic E-state index is 0.00267. The van der Waals surface area contributed by atoms with E-state index < -0.39 is 0 Å².